The predicted molar refractivity (Wildman–Crippen MR) is 110 cm³/mol. The lowest BCUT2D eigenvalue weighted by atomic mass is 9.78. The number of nitrogens with one attached hydrogen (secondary N) is 1. The van der Waals surface area contributed by atoms with Gasteiger partial charge in [-0.25, -0.2) is 8.42 Å². The Kier molecular flexibility index (Phi) is 7.19. The molecule has 3 unspecified atom stereocenters. The Labute approximate surface area is 173 Å². The first-order valence-corrected chi connectivity index (χ1v) is 11.8. The van der Waals surface area contributed by atoms with Gasteiger partial charge < -0.3 is 14.8 Å². The Morgan fingerprint density at radius 2 is 1.97 bits per heavy atom. The van der Waals surface area contributed by atoms with Crippen molar-refractivity contribution in [3.8, 4) is 5.75 Å². The second-order valence-corrected chi connectivity index (χ2v) is 10.0. The zero-order valence-electron chi connectivity index (χ0n) is 17.5. The van der Waals surface area contributed by atoms with Crippen LogP contribution in [0, 0.1) is 11.8 Å². The number of rotatable bonds is 6. The number of hydrogen-bond acceptors (Lipinski definition) is 5. The molecule has 7 nitrogen and oxygen atoms in total. The fourth-order valence-electron chi connectivity index (χ4n) is 4.19. The number of carbonyl (C=O) groups excluding carboxylic acids is 1. The van der Waals surface area contributed by atoms with Gasteiger partial charge in [0.25, 0.3) is 0 Å². The topological polar surface area (TPSA) is 84.9 Å². The maximum atomic E-state index is 13.1. The van der Waals surface area contributed by atoms with Crippen molar-refractivity contribution in [2.24, 2.45) is 11.8 Å². The van der Waals surface area contributed by atoms with Crippen molar-refractivity contribution in [2.45, 2.75) is 50.5 Å². The average Bonchev–Trinajstić information content (AvgIpc) is 2.72. The van der Waals surface area contributed by atoms with Crippen LogP contribution in [0.3, 0.4) is 0 Å². The number of methoxy groups -OCH3 is 1. The SMILES string of the molecule is COc1ccc(CC(=O)NC2CCCC(C)C2C)cc1S(=O)(=O)N1CCOCC1. The van der Waals surface area contributed by atoms with Crippen LogP contribution in [0.2, 0.25) is 0 Å². The molecular weight excluding hydrogens is 392 g/mol. The van der Waals surface area contributed by atoms with Crippen molar-refractivity contribution in [1.29, 1.82) is 0 Å². The summed E-state index contributed by atoms with van der Waals surface area (Å²) >= 11 is 0. The molecule has 1 aliphatic carbocycles. The minimum atomic E-state index is -3.71. The molecule has 2 aliphatic rings. The summed E-state index contributed by atoms with van der Waals surface area (Å²) in [6, 6.07) is 5.13. The number of hydrogen-bond donors (Lipinski definition) is 1. The van der Waals surface area contributed by atoms with Crippen molar-refractivity contribution in [2.75, 3.05) is 33.4 Å². The summed E-state index contributed by atoms with van der Waals surface area (Å²) in [5, 5.41) is 3.15. The van der Waals surface area contributed by atoms with Crippen LogP contribution in [-0.2, 0) is 26.0 Å². The molecule has 1 heterocycles. The molecule has 1 aromatic carbocycles. The van der Waals surface area contributed by atoms with Crippen LogP contribution in [0.25, 0.3) is 0 Å². The van der Waals surface area contributed by atoms with Gasteiger partial charge in [-0.2, -0.15) is 4.31 Å². The Morgan fingerprint density at radius 3 is 2.66 bits per heavy atom. The number of amides is 1. The van der Waals surface area contributed by atoms with Gasteiger partial charge in [-0.1, -0.05) is 32.8 Å². The maximum absolute atomic E-state index is 13.1. The van der Waals surface area contributed by atoms with E-state index < -0.39 is 10.0 Å². The van der Waals surface area contributed by atoms with E-state index >= 15 is 0 Å². The zero-order valence-corrected chi connectivity index (χ0v) is 18.3. The normalized spacial score (nSPS) is 26.1. The van der Waals surface area contributed by atoms with E-state index in [2.05, 4.69) is 19.2 Å². The quantitative estimate of drug-likeness (QED) is 0.757. The van der Waals surface area contributed by atoms with Gasteiger partial charge in [0.2, 0.25) is 15.9 Å². The van der Waals surface area contributed by atoms with Crippen molar-refractivity contribution >= 4 is 15.9 Å². The van der Waals surface area contributed by atoms with Crippen molar-refractivity contribution in [1.82, 2.24) is 9.62 Å². The molecule has 1 aromatic rings. The molecule has 3 atom stereocenters. The van der Waals surface area contributed by atoms with Crippen LogP contribution in [0.5, 0.6) is 5.75 Å². The van der Waals surface area contributed by atoms with E-state index in [9.17, 15) is 13.2 Å². The van der Waals surface area contributed by atoms with Crippen LogP contribution in [-0.4, -0.2) is 58.1 Å². The second-order valence-electron chi connectivity index (χ2n) is 8.12. The molecule has 0 radical (unpaired) electrons. The molecule has 1 saturated carbocycles. The average molecular weight is 425 g/mol. The highest BCUT2D eigenvalue weighted by Gasteiger charge is 2.30. The lowest BCUT2D eigenvalue weighted by Gasteiger charge is -2.34. The number of ether oxygens (including phenoxy) is 2. The lowest BCUT2D eigenvalue weighted by Crippen LogP contribution is -2.44. The van der Waals surface area contributed by atoms with Gasteiger partial charge in [0.15, 0.2) is 0 Å². The minimum Gasteiger partial charge on any atom is -0.495 e. The van der Waals surface area contributed by atoms with Crippen LogP contribution in [0.15, 0.2) is 23.1 Å². The zero-order chi connectivity index (χ0) is 21.0. The monoisotopic (exact) mass is 424 g/mol. The highest BCUT2D eigenvalue weighted by molar-refractivity contribution is 7.89. The van der Waals surface area contributed by atoms with Crippen LogP contribution in [0.4, 0.5) is 0 Å². The van der Waals surface area contributed by atoms with Gasteiger partial charge >= 0.3 is 0 Å². The van der Waals surface area contributed by atoms with Gasteiger partial charge in [0.1, 0.15) is 10.6 Å². The van der Waals surface area contributed by atoms with E-state index in [0.29, 0.717) is 43.7 Å². The number of benzene rings is 1. The first-order valence-electron chi connectivity index (χ1n) is 10.4. The fourth-order valence-corrected chi connectivity index (χ4v) is 5.80. The molecule has 162 valence electrons. The van der Waals surface area contributed by atoms with Crippen molar-refractivity contribution in [3.05, 3.63) is 23.8 Å². The Bertz CT molecular complexity index is 820. The number of nitrogens with zero attached hydrogens (tertiary/aromatic N) is 1. The second kappa shape index (κ2) is 9.45. The van der Waals surface area contributed by atoms with E-state index in [4.69, 9.17) is 9.47 Å². The summed E-state index contributed by atoms with van der Waals surface area (Å²) in [4.78, 5) is 12.7. The smallest absolute Gasteiger partial charge is 0.246 e. The maximum Gasteiger partial charge on any atom is 0.246 e. The first kappa shape index (κ1) is 22.1. The largest absolute Gasteiger partial charge is 0.495 e. The molecule has 0 spiro atoms. The fraction of sp³-hybridized carbons (Fsp3) is 0.667. The van der Waals surface area contributed by atoms with Crippen molar-refractivity contribution in [3.63, 3.8) is 0 Å². The van der Waals surface area contributed by atoms with E-state index in [1.54, 1.807) is 18.2 Å². The molecule has 0 aromatic heterocycles. The van der Waals surface area contributed by atoms with Crippen LogP contribution < -0.4 is 10.1 Å². The molecule has 3 rings (SSSR count). The molecule has 1 saturated heterocycles. The van der Waals surface area contributed by atoms with E-state index in [-0.39, 0.29) is 29.0 Å². The van der Waals surface area contributed by atoms with E-state index in [0.717, 1.165) is 12.8 Å². The molecule has 1 N–H and O–H groups in total. The lowest BCUT2D eigenvalue weighted by molar-refractivity contribution is -0.121. The van der Waals surface area contributed by atoms with Gasteiger partial charge in [-0.3, -0.25) is 4.79 Å². The number of sulfonamides is 1. The summed E-state index contributed by atoms with van der Waals surface area (Å²) in [6.45, 7) is 5.80. The Morgan fingerprint density at radius 1 is 1.24 bits per heavy atom. The molecule has 1 amide bonds. The number of morpholine rings is 1. The molecular formula is C21H32N2O5S. The summed E-state index contributed by atoms with van der Waals surface area (Å²) in [5.74, 6) is 1.26. The third-order valence-corrected chi connectivity index (χ3v) is 8.15. The highest BCUT2D eigenvalue weighted by atomic mass is 32.2. The van der Waals surface area contributed by atoms with Gasteiger partial charge in [0, 0.05) is 19.1 Å². The predicted octanol–water partition coefficient (Wildman–Crippen LogP) is 2.20. The van der Waals surface area contributed by atoms with Crippen LogP contribution in [0.1, 0.15) is 38.7 Å². The summed E-state index contributed by atoms with van der Waals surface area (Å²) in [5.41, 5.74) is 0.659. The Hall–Kier alpha value is -1.64. The minimum absolute atomic E-state index is 0.0733. The third-order valence-electron chi connectivity index (χ3n) is 6.23. The Balaban J connectivity index is 1.75. The standard InChI is InChI=1S/C21H32N2O5S/c1-15-5-4-6-18(16(15)2)22-21(24)14-17-7-8-19(27-3)20(13-17)29(25,26)23-9-11-28-12-10-23/h7-8,13,15-16,18H,4-6,9-12,14H2,1-3H3,(H,22,24). The summed E-state index contributed by atoms with van der Waals surface area (Å²) < 4.78 is 38.1. The van der Waals surface area contributed by atoms with E-state index in [1.807, 2.05) is 0 Å². The van der Waals surface area contributed by atoms with Gasteiger partial charge in [-0.15, -0.1) is 0 Å². The number of carbonyl (C=O) groups is 1. The van der Waals surface area contributed by atoms with Gasteiger partial charge in [-0.05, 0) is 36.0 Å². The molecule has 2 fully saturated rings. The molecule has 0 bridgehead atoms. The van der Waals surface area contributed by atoms with Gasteiger partial charge in [0.05, 0.1) is 26.7 Å². The van der Waals surface area contributed by atoms with Crippen molar-refractivity contribution < 1.29 is 22.7 Å². The first-order chi connectivity index (χ1) is 13.8. The molecule has 8 heteroatoms. The summed E-state index contributed by atoms with van der Waals surface area (Å²) in [6.07, 6.45) is 3.47. The summed E-state index contributed by atoms with van der Waals surface area (Å²) in [7, 11) is -2.26. The molecule has 29 heavy (non-hydrogen) atoms. The van der Waals surface area contributed by atoms with Crippen LogP contribution >= 0.6 is 0 Å². The molecule has 1 aliphatic heterocycles. The third kappa shape index (κ3) is 5.10. The highest BCUT2D eigenvalue weighted by Crippen LogP contribution is 2.30. The van der Waals surface area contributed by atoms with E-state index in [1.165, 1.54) is 17.8 Å².